The Morgan fingerprint density at radius 1 is 1.50 bits per heavy atom. The monoisotopic (exact) mass is 355 g/mol. The number of aromatic nitrogens is 3. The molecule has 0 unspecified atom stereocenters. The average molecular weight is 356 g/mol. The van der Waals surface area contributed by atoms with Crippen LogP contribution in [0.4, 0.5) is 8.78 Å². The van der Waals surface area contributed by atoms with E-state index in [0.717, 1.165) is 18.4 Å². The Bertz CT molecular complexity index is 840. The van der Waals surface area contributed by atoms with Crippen molar-refractivity contribution in [1.29, 1.82) is 0 Å². The molecule has 128 valence electrons. The van der Waals surface area contributed by atoms with Crippen molar-refractivity contribution >= 4 is 22.6 Å². The number of nitrogens with zero attached hydrogens (tertiary/aromatic N) is 3. The van der Waals surface area contributed by atoms with Crippen LogP contribution in [0.1, 0.15) is 38.0 Å². The Labute approximate surface area is 141 Å². The first-order valence-corrected chi connectivity index (χ1v) is 8.02. The van der Waals surface area contributed by atoms with Gasteiger partial charge in [0.05, 0.1) is 11.5 Å². The van der Waals surface area contributed by atoms with Crippen LogP contribution in [0.3, 0.4) is 0 Å². The van der Waals surface area contributed by atoms with Crippen LogP contribution < -0.4 is 0 Å². The molecule has 2 fully saturated rings. The topological polar surface area (TPSA) is 60.2 Å². The molecule has 1 saturated carbocycles. The van der Waals surface area contributed by atoms with Crippen LogP contribution in [0.5, 0.6) is 0 Å². The zero-order valence-electron chi connectivity index (χ0n) is 12.9. The van der Waals surface area contributed by atoms with E-state index in [4.69, 9.17) is 16.3 Å². The number of ether oxygens (including phenoxy) is 1. The van der Waals surface area contributed by atoms with E-state index < -0.39 is 24.2 Å². The van der Waals surface area contributed by atoms with E-state index in [2.05, 4.69) is 16.5 Å². The summed E-state index contributed by atoms with van der Waals surface area (Å²) in [5, 5.41) is 10.9. The van der Waals surface area contributed by atoms with E-state index in [1.54, 1.807) is 0 Å². The van der Waals surface area contributed by atoms with Gasteiger partial charge in [0.2, 0.25) is 0 Å². The number of hydrogen-bond donors (Lipinski definition) is 1. The van der Waals surface area contributed by atoms with Crippen LogP contribution in [-0.2, 0) is 4.74 Å². The SMILES string of the molecule is C=C1CC[C@@]2(C)[C@@H]1O[C@@H](n1cc(C(F)F)c3c(Cl)ncnc31)[C@@H]2O. The molecule has 0 aromatic carbocycles. The molecule has 8 heteroatoms. The molecule has 4 rings (SSSR count). The Balaban J connectivity index is 1.86. The molecule has 0 spiro atoms. The third kappa shape index (κ3) is 1.98. The quantitative estimate of drug-likeness (QED) is 0.660. The third-order valence-electron chi connectivity index (χ3n) is 5.28. The molecule has 0 bridgehead atoms. The van der Waals surface area contributed by atoms with Gasteiger partial charge in [-0.05, 0) is 18.4 Å². The van der Waals surface area contributed by atoms with E-state index in [9.17, 15) is 13.9 Å². The fourth-order valence-electron chi connectivity index (χ4n) is 3.90. The van der Waals surface area contributed by atoms with Gasteiger partial charge < -0.3 is 14.4 Å². The van der Waals surface area contributed by atoms with Crippen LogP contribution in [0.2, 0.25) is 5.15 Å². The highest BCUT2D eigenvalue weighted by Gasteiger charge is 2.57. The second-order valence-electron chi connectivity index (χ2n) is 6.67. The highest BCUT2D eigenvalue weighted by Crippen LogP contribution is 2.55. The van der Waals surface area contributed by atoms with Gasteiger partial charge in [-0.3, -0.25) is 0 Å². The van der Waals surface area contributed by atoms with Crippen molar-refractivity contribution in [2.75, 3.05) is 0 Å². The van der Waals surface area contributed by atoms with Crippen molar-refractivity contribution in [3.63, 3.8) is 0 Å². The minimum atomic E-state index is -2.74. The van der Waals surface area contributed by atoms with E-state index in [0.29, 0.717) is 0 Å². The number of fused-ring (bicyclic) bond motifs is 2. The summed E-state index contributed by atoms with van der Waals surface area (Å²) >= 11 is 5.99. The summed E-state index contributed by atoms with van der Waals surface area (Å²) in [6.45, 7) is 5.94. The van der Waals surface area contributed by atoms with Crippen LogP contribution in [0, 0.1) is 5.41 Å². The predicted molar refractivity (Wildman–Crippen MR) is 83.9 cm³/mol. The first kappa shape index (κ1) is 15.9. The molecule has 2 aromatic heterocycles. The van der Waals surface area contributed by atoms with E-state index in [1.807, 2.05) is 6.92 Å². The molecule has 24 heavy (non-hydrogen) atoms. The van der Waals surface area contributed by atoms with Gasteiger partial charge in [0.25, 0.3) is 6.43 Å². The van der Waals surface area contributed by atoms with Gasteiger partial charge >= 0.3 is 0 Å². The van der Waals surface area contributed by atoms with Gasteiger partial charge in [-0.2, -0.15) is 0 Å². The molecular formula is C16H16ClF2N3O2. The summed E-state index contributed by atoms with van der Waals surface area (Å²) in [7, 11) is 0. The fraction of sp³-hybridized carbons (Fsp3) is 0.500. The normalized spacial score (nSPS) is 32.9. The summed E-state index contributed by atoms with van der Waals surface area (Å²) in [6.07, 6.45) is -0.744. The van der Waals surface area contributed by atoms with E-state index in [-0.39, 0.29) is 27.9 Å². The van der Waals surface area contributed by atoms with Crippen molar-refractivity contribution in [2.24, 2.45) is 5.41 Å². The Morgan fingerprint density at radius 3 is 2.92 bits per heavy atom. The lowest BCUT2D eigenvalue weighted by molar-refractivity contribution is -0.0288. The number of aliphatic hydroxyl groups is 1. The number of alkyl halides is 2. The molecule has 1 saturated heterocycles. The second kappa shape index (κ2) is 5.21. The summed E-state index contributed by atoms with van der Waals surface area (Å²) in [6, 6.07) is 0. The number of aliphatic hydroxyl groups excluding tert-OH is 1. The van der Waals surface area contributed by atoms with Crippen LogP contribution in [0.15, 0.2) is 24.7 Å². The predicted octanol–water partition coefficient (Wildman–Crippen LogP) is 3.64. The van der Waals surface area contributed by atoms with Crippen molar-refractivity contribution in [1.82, 2.24) is 14.5 Å². The lowest BCUT2D eigenvalue weighted by Crippen LogP contribution is -2.34. The maximum absolute atomic E-state index is 13.4. The lowest BCUT2D eigenvalue weighted by Gasteiger charge is -2.26. The molecule has 2 aromatic rings. The molecule has 1 aliphatic heterocycles. The van der Waals surface area contributed by atoms with Gasteiger partial charge in [0.15, 0.2) is 6.23 Å². The standard InChI is InChI=1S/C16H16ClF2N3O2/c1-7-3-4-16(2)10(23)15(24-11(7)16)22-5-8(13(18)19)9-12(17)20-6-21-14(9)22/h5-6,10-11,13,15,23H,1,3-4H2,2H3/t10-,11+,15+,16+/m0/s1. The van der Waals surface area contributed by atoms with Gasteiger partial charge in [0, 0.05) is 17.2 Å². The number of hydrogen-bond acceptors (Lipinski definition) is 4. The molecule has 5 nitrogen and oxygen atoms in total. The highest BCUT2D eigenvalue weighted by atomic mass is 35.5. The van der Waals surface area contributed by atoms with E-state index in [1.165, 1.54) is 17.1 Å². The first-order chi connectivity index (χ1) is 11.3. The van der Waals surface area contributed by atoms with Crippen LogP contribution in [-0.4, -0.2) is 31.8 Å². The molecule has 2 aliphatic rings. The molecule has 0 amide bonds. The summed E-state index contributed by atoms with van der Waals surface area (Å²) in [4.78, 5) is 7.86. The smallest absolute Gasteiger partial charge is 0.266 e. The Kier molecular flexibility index (Phi) is 3.46. The fourth-order valence-corrected chi connectivity index (χ4v) is 4.14. The van der Waals surface area contributed by atoms with Gasteiger partial charge in [-0.15, -0.1) is 0 Å². The molecular weight excluding hydrogens is 340 g/mol. The van der Waals surface area contributed by atoms with Crippen molar-refractivity contribution in [3.05, 3.63) is 35.4 Å². The average Bonchev–Trinajstić information content (AvgIpc) is 3.13. The van der Waals surface area contributed by atoms with Crippen molar-refractivity contribution in [2.45, 2.75) is 44.6 Å². The van der Waals surface area contributed by atoms with Gasteiger partial charge in [0.1, 0.15) is 23.2 Å². The van der Waals surface area contributed by atoms with Gasteiger partial charge in [-0.1, -0.05) is 25.1 Å². The largest absolute Gasteiger partial charge is 0.388 e. The lowest BCUT2D eigenvalue weighted by atomic mass is 9.82. The first-order valence-electron chi connectivity index (χ1n) is 7.65. The molecule has 4 atom stereocenters. The highest BCUT2D eigenvalue weighted by molar-refractivity contribution is 6.34. The molecule has 3 heterocycles. The summed E-state index contributed by atoms with van der Waals surface area (Å²) in [5.41, 5.74) is 0.383. The zero-order chi connectivity index (χ0) is 17.2. The van der Waals surface area contributed by atoms with Gasteiger partial charge in [-0.25, -0.2) is 18.7 Å². The second-order valence-corrected chi connectivity index (χ2v) is 7.03. The third-order valence-corrected chi connectivity index (χ3v) is 5.56. The number of rotatable bonds is 2. The van der Waals surface area contributed by atoms with Crippen molar-refractivity contribution < 1.29 is 18.6 Å². The van der Waals surface area contributed by atoms with Crippen LogP contribution >= 0.6 is 11.6 Å². The molecule has 0 radical (unpaired) electrons. The van der Waals surface area contributed by atoms with Crippen LogP contribution in [0.25, 0.3) is 11.0 Å². The maximum atomic E-state index is 13.4. The van der Waals surface area contributed by atoms with E-state index >= 15 is 0 Å². The summed E-state index contributed by atoms with van der Waals surface area (Å²) in [5.74, 6) is 0. The summed E-state index contributed by atoms with van der Waals surface area (Å²) < 4.78 is 34.2. The Hall–Kier alpha value is -1.57. The molecule has 1 N–H and O–H groups in total. The molecule has 1 aliphatic carbocycles. The van der Waals surface area contributed by atoms with Crippen molar-refractivity contribution in [3.8, 4) is 0 Å². The minimum Gasteiger partial charge on any atom is -0.388 e. The minimum absolute atomic E-state index is 0.0441. The zero-order valence-corrected chi connectivity index (χ0v) is 13.7. The maximum Gasteiger partial charge on any atom is 0.266 e. The number of halogens is 3. The Morgan fingerprint density at radius 2 is 2.25 bits per heavy atom.